The minimum atomic E-state index is -0.427. The van der Waals surface area contributed by atoms with Gasteiger partial charge in [-0.3, -0.25) is 10.1 Å². The molecule has 0 aliphatic heterocycles. The van der Waals surface area contributed by atoms with E-state index in [4.69, 9.17) is 4.74 Å². The van der Waals surface area contributed by atoms with Gasteiger partial charge in [0.2, 0.25) is 5.75 Å². The number of halogens is 1. The minimum Gasteiger partial charge on any atom is -0.482 e. The van der Waals surface area contributed by atoms with Crippen LogP contribution in [0.2, 0.25) is 0 Å². The first kappa shape index (κ1) is 17.4. The fourth-order valence-electron chi connectivity index (χ4n) is 2.20. The number of nitro benzene ring substituents is 1. The Hall–Kier alpha value is -1.62. The number of benzene rings is 1. The summed E-state index contributed by atoms with van der Waals surface area (Å²) in [6.45, 7) is 11.9. The number of hydrogen-bond acceptors (Lipinski definition) is 3. The molecule has 0 spiro atoms. The lowest BCUT2D eigenvalue weighted by molar-refractivity contribution is -0.386. The Labute approximate surface area is 133 Å². The van der Waals surface area contributed by atoms with Crippen LogP contribution in [0.3, 0.4) is 0 Å². The van der Waals surface area contributed by atoms with Crippen LogP contribution in [-0.4, -0.2) is 11.5 Å². The van der Waals surface area contributed by atoms with Gasteiger partial charge in [0.1, 0.15) is 6.61 Å². The lowest BCUT2D eigenvalue weighted by Crippen LogP contribution is -2.10. The molecule has 0 bridgehead atoms. The molecule has 0 saturated carbocycles. The summed E-state index contributed by atoms with van der Waals surface area (Å²) in [7, 11) is 0. The average molecular weight is 354 g/mol. The number of rotatable bonds is 8. The second-order valence-electron chi connectivity index (χ2n) is 4.85. The molecule has 2 unspecified atom stereocenters. The number of nitrogens with zero attached hydrogens (tertiary/aromatic N) is 1. The zero-order valence-corrected chi connectivity index (χ0v) is 13.9. The third-order valence-electron chi connectivity index (χ3n) is 3.48. The van der Waals surface area contributed by atoms with E-state index in [1.54, 1.807) is 6.08 Å². The Morgan fingerprint density at radius 1 is 1.48 bits per heavy atom. The molecular formula is C16H20BrNO3. The third-order valence-corrected chi connectivity index (χ3v) is 3.93. The van der Waals surface area contributed by atoms with Gasteiger partial charge in [0.25, 0.3) is 0 Å². The molecule has 1 aromatic rings. The Morgan fingerprint density at radius 3 is 2.62 bits per heavy atom. The molecule has 2 atom stereocenters. The Balaban J connectivity index is 3.48. The van der Waals surface area contributed by atoms with Crippen LogP contribution in [0.5, 0.6) is 5.75 Å². The predicted molar refractivity (Wildman–Crippen MR) is 88.9 cm³/mol. The molecule has 1 rings (SSSR count). The summed E-state index contributed by atoms with van der Waals surface area (Å²) in [6.07, 6.45) is 4.33. The molecule has 5 heteroatoms. The zero-order chi connectivity index (χ0) is 16.0. The van der Waals surface area contributed by atoms with E-state index in [0.717, 1.165) is 12.0 Å². The maximum atomic E-state index is 11.3. The molecule has 1 aromatic carbocycles. The second kappa shape index (κ2) is 7.98. The van der Waals surface area contributed by atoms with Crippen LogP contribution in [-0.2, 0) is 0 Å². The van der Waals surface area contributed by atoms with Crippen molar-refractivity contribution in [3.8, 4) is 5.75 Å². The van der Waals surface area contributed by atoms with E-state index in [1.807, 2.05) is 12.1 Å². The summed E-state index contributed by atoms with van der Waals surface area (Å²) in [5, 5.41) is 11.3. The quantitative estimate of drug-likeness (QED) is 0.365. The number of hydrogen-bond donors (Lipinski definition) is 0. The van der Waals surface area contributed by atoms with Crippen LogP contribution < -0.4 is 4.74 Å². The second-order valence-corrected chi connectivity index (χ2v) is 5.76. The predicted octanol–water partition coefficient (Wildman–Crippen LogP) is 5.24. The summed E-state index contributed by atoms with van der Waals surface area (Å²) < 4.78 is 6.24. The Morgan fingerprint density at radius 2 is 2.14 bits per heavy atom. The van der Waals surface area contributed by atoms with Crippen molar-refractivity contribution in [3.05, 3.63) is 57.6 Å². The summed E-state index contributed by atoms with van der Waals surface area (Å²) in [6, 6.07) is 3.32. The van der Waals surface area contributed by atoms with Gasteiger partial charge in [-0.25, -0.2) is 0 Å². The maximum absolute atomic E-state index is 11.3. The topological polar surface area (TPSA) is 52.4 Å². The molecular weight excluding hydrogens is 334 g/mol. The van der Waals surface area contributed by atoms with Crippen LogP contribution in [0.15, 0.2) is 41.9 Å². The largest absolute Gasteiger partial charge is 0.482 e. The van der Waals surface area contributed by atoms with E-state index in [1.165, 1.54) is 6.07 Å². The van der Waals surface area contributed by atoms with Crippen LogP contribution in [0.1, 0.15) is 31.7 Å². The van der Waals surface area contributed by atoms with Crippen LogP contribution in [0.25, 0.3) is 0 Å². The molecule has 21 heavy (non-hydrogen) atoms. The van der Waals surface area contributed by atoms with Gasteiger partial charge in [-0.15, -0.1) is 6.58 Å². The van der Waals surface area contributed by atoms with Crippen molar-refractivity contribution < 1.29 is 9.66 Å². The van der Waals surface area contributed by atoms with Gasteiger partial charge in [-0.2, -0.15) is 0 Å². The van der Waals surface area contributed by atoms with Gasteiger partial charge < -0.3 is 4.74 Å². The van der Waals surface area contributed by atoms with E-state index in [0.29, 0.717) is 16.1 Å². The number of allylic oxidation sites excluding steroid dienone is 1. The first-order valence-electron chi connectivity index (χ1n) is 6.80. The van der Waals surface area contributed by atoms with Gasteiger partial charge >= 0.3 is 5.69 Å². The fourth-order valence-corrected chi connectivity index (χ4v) is 2.67. The van der Waals surface area contributed by atoms with Crippen molar-refractivity contribution in [2.45, 2.75) is 26.2 Å². The van der Waals surface area contributed by atoms with Crippen molar-refractivity contribution in [2.24, 2.45) is 5.92 Å². The molecule has 0 amide bonds. The molecule has 0 aliphatic rings. The lowest BCUT2D eigenvalue weighted by atomic mass is 9.85. The van der Waals surface area contributed by atoms with Gasteiger partial charge in [0.15, 0.2) is 0 Å². The monoisotopic (exact) mass is 353 g/mol. The average Bonchev–Trinajstić information content (AvgIpc) is 2.46. The molecule has 4 nitrogen and oxygen atoms in total. The van der Waals surface area contributed by atoms with Crippen molar-refractivity contribution in [1.29, 1.82) is 0 Å². The van der Waals surface area contributed by atoms with E-state index >= 15 is 0 Å². The third kappa shape index (κ3) is 4.17. The lowest BCUT2D eigenvalue weighted by Gasteiger charge is -2.22. The molecule has 0 radical (unpaired) electrons. The molecule has 0 aliphatic carbocycles. The molecule has 0 saturated heterocycles. The number of nitro groups is 1. The first-order chi connectivity index (χ1) is 9.96. The summed E-state index contributed by atoms with van der Waals surface area (Å²) in [4.78, 5) is 10.9. The standard InChI is InChI=1S/C16H20BrNO3/c1-5-8-21-16-14(13(7-3)11(4)6-2)9-12(17)10-15(16)18(19)20/h5,7,9-11,13H,1,3,6,8H2,2,4H3. The van der Waals surface area contributed by atoms with E-state index in [2.05, 4.69) is 42.9 Å². The minimum absolute atomic E-state index is 0.00832. The highest BCUT2D eigenvalue weighted by molar-refractivity contribution is 9.10. The van der Waals surface area contributed by atoms with Crippen molar-refractivity contribution in [1.82, 2.24) is 0 Å². The molecule has 114 valence electrons. The smallest absolute Gasteiger partial charge is 0.312 e. The molecule has 0 N–H and O–H groups in total. The summed E-state index contributed by atoms with van der Waals surface area (Å²) in [5.74, 6) is 0.599. The molecule has 0 heterocycles. The van der Waals surface area contributed by atoms with E-state index in [9.17, 15) is 10.1 Å². The van der Waals surface area contributed by atoms with Crippen LogP contribution >= 0.6 is 15.9 Å². The molecule has 0 aromatic heterocycles. The van der Waals surface area contributed by atoms with Crippen molar-refractivity contribution >= 4 is 21.6 Å². The van der Waals surface area contributed by atoms with Crippen molar-refractivity contribution in [3.63, 3.8) is 0 Å². The highest BCUT2D eigenvalue weighted by Gasteiger charge is 2.26. The first-order valence-corrected chi connectivity index (χ1v) is 7.59. The maximum Gasteiger partial charge on any atom is 0.312 e. The highest BCUT2D eigenvalue weighted by Crippen LogP contribution is 2.42. The normalized spacial score (nSPS) is 13.3. The SMILES string of the molecule is C=CCOc1c(C(C=C)C(C)CC)cc(Br)cc1[N+](=O)[O-]. The van der Waals surface area contributed by atoms with Crippen molar-refractivity contribution in [2.75, 3.05) is 6.61 Å². The van der Waals surface area contributed by atoms with Crippen LogP contribution in [0.4, 0.5) is 5.69 Å². The summed E-state index contributed by atoms with van der Waals surface area (Å²) in [5.41, 5.74) is 0.735. The van der Waals surface area contributed by atoms with Crippen LogP contribution in [0, 0.1) is 16.0 Å². The Bertz CT molecular complexity index is 543. The number of ether oxygens (including phenoxy) is 1. The Kier molecular flexibility index (Phi) is 6.62. The van der Waals surface area contributed by atoms with E-state index in [-0.39, 0.29) is 18.2 Å². The molecule has 0 fully saturated rings. The fraction of sp³-hybridized carbons (Fsp3) is 0.375. The van der Waals surface area contributed by atoms with E-state index < -0.39 is 4.92 Å². The van der Waals surface area contributed by atoms with Gasteiger partial charge in [0, 0.05) is 22.0 Å². The van der Waals surface area contributed by atoms with Gasteiger partial charge in [-0.1, -0.05) is 54.9 Å². The highest BCUT2D eigenvalue weighted by atomic mass is 79.9. The van der Waals surface area contributed by atoms with Gasteiger partial charge in [-0.05, 0) is 12.0 Å². The summed E-state index contributed by atoms with van der Waals surface area (Å²) >= 11 is 3.34. The van der Waals surface area contributed by atoms with Gasteiger partial charge in [0.05, 0.1) is 4.92 Å². The zero-order valence-electron chi connectivity index (χ0n) is 12.3.